The van der Waals surface area contributed by atoms with E-state index in [0.29, 0.717) is 0 Å². The van der Waals surface area contributed by atoms with Crippen LogP contribution in [0.25, 0.3) is 0 Å². The lowest BCUT2D eigenvalue weighted by Gasteiger charge is -2.22. The summed E-state index contributed by atoms with van der Waals surface area (Å²) in [7, 11) is 0. The highest BCUT2D eigenvalue weighted by atomic mass is 32.1. The Kier molecular flexibility index (Phi) is 5.43. The van der Waals surface area contributed by atoms with Crippen molar-refractivity contribution in [2.24, 2.45) is 0 Å². The number of benzene rings is 1. The van der Waals surface area contributed by atoms with E-state index in [2.05, 4.69) is 15.6 Å². The standard InChI is InChI=1S/C18H20FN3O2S/c1-11-21-17-14(7-4-8-15(17)25-11)22-16(23)9-10-20-18(24)12-5-2-3-6-13(12)19/h2-3,5-6,14H,4,7-10H2,1H3,(H,20,24)(H,22,23). The van der Waals surface area contributed by atoms with Crippen molar-refractivity contribution in [1.29, 1.82) is 0 Å². The van der Waals surface area contributed by atoms with Crippen molar-refractivity contribution in [1.82, 2.24) is 15.6 Å². The number of carbonyl (C=O) groups is 2. The van der Waals surface area contributed by atoms with Gasteiger partial charge in [0.15, 0.2) is 0 Å². The summed E-state index contributed by atoms with van der Waals surface area (Å²) in [5, 5.41) is 6.59. The lowest BCUT2D eigenvalue weighted by molar-refractivity contribution is -0.121. The molecular weight excluding hydrogens is 341 g/mol. The quantitative estimate of drug-likeness (QED) is 0.860. The summed E-state index contributed by atoms with van der Waals surface area (Å²) in [6, 6.07) is 5.72. The minimum absolute atomic E-state index is 0.0159. The van der Waals surface area contributed by atoms with Crippen LogP contribution in [0.2, 0.25) is 0 Å². The first-order valence-corrected chi connectivity index (χ1v) is 9.14. The SMILES string of the molecule is Cc1nc2c(s1)CCCC2NC(=O)CCNC(=O)c1ccccc1F. The number of nitrogens with one attached hydrogen (secondary N) is 2. The lowest BCUT2D eigenvalue weighted by Crippen LogP contribution is -2.34. The van der Waals surface area contributed by atoms with Crippen molar-refractivity contribution in [3.63, 3.8) is 0 Å². The highest BCUT2D eigenvalue weighted by Crippen LogP contribution is 2.32. The number of fused-ring (bicyclic) bond motifs is 1. The van der Waals surface area contributed by atoms with Crippen LogP contribution in [-0.2, 0) is 11.2 Å². The van der Waals surface area contributed by atoms with E-state index >= 15 is 0 Å². The monoisotopic (exact) mass is 361 g/mol. The molecule has 0 saturated heterocycles. The van der Waals surface area contributed by atoms with Crippen molar-refractivity contribution in [2.75, 3.05) is 6.54 Å². The number of aromatic nitrogens is 1. The molecule has 1 atom stereocenters. The molecule has 2 amide bonds. The number of aryl methyl sites for hydroxylation is 2. The van der Waals surface area contributed by atoms with Crippen LogP contribution in [0, 0.1) is 12.7 Å². The first-order chi connectivity index (χ1) is 12.0. The molecule has 0 fully saturated rings. The van der Waals surface area contributed by atoms with Crippen molar-refractivity contribution in [3.8, 4) is 0 Å². The molecule has 5 nitrogen and oxygen atoms in total. The van der Waals surface area contributed by atoms with Crippen molar-refractivity contribution in [3.05, 3.63) is 51.2 Å². The van der Waals surface area contributed by atoms with Crippen LogP contribution in [-0.4, -0.2) is 23.3 Å². The van der Waals surface area contributed by atoms with Gasteiger partial charge in [0.25, 0.3) is 5.91 Å². The van der Waals surface area contributed by atoms with Gasteiger partial charge in [-0.1, -0.05) is 12.1 Å². The molecule has 1 aliphatic rings. The predicted octanol–water partition coefficient (Wildman–Crippen LogP) is 2.90. The Labute approximate surface area is 149 Å². The van der Waals surface area contributed by atoms with E-state index in [4.69, 9.17) is 0 Å². The molecule has 3 rings (SSSR count). The van der Waals surface area contributed by atoms with Crippen molar-refractivity contribution >= 4 is 23.2 Å². The zero-order valence-electron chi connectivity index (χ0n) is 14.0. The zero-order chi connectivity index (χ0) is 17.8. The van der Waals surface area contributed by atoms with Gasteiger partial charge in [0.1, 0.15) is 5.82 Å². The molecular formula is C18H20FN3O2S. The Bertz CT molecular complexity index is 790. The lowest BCUT2D eigenvalue weighted by atomic mass is 9.97. The van der Waals surface area contributed by atoms with Crippen LogP contribution in [0.15, 0.2) is 24.3 Å². The number of rotatable bonds is 5. The average molecular weight is 361 g/mol. The minimum atomic E-state index is -0.571. The number of nitrogens with zero attached hydrogens (tertiary/aromatic N) is 1. The molecule has 1 aromatic heterocycles. The molecule has 1 heterocycles. The summed E-state index contributed by atoms with van der Waals surface area (Å²) < 4.78 is 13.5. The van der Waals surface area contributed by atoms with Gasteiger partial charge in [0, 0.05) is 17.8 Å². The molecule has 1 unspecified atom stereocenters. The van der Waals surface area contributed by atoms with Gasteiger partial charge in [-0.3, -0.25) is 9.59 Å². The molecule has 0 bridgehead atoms. The molecule has 1 aromatic carbocycles. The van der Waals surface area contributed by atoms with Gasteiger partial charge in [-0.15, -0.1) is 11.3 Å². The maximum absolute atomic E-state index is 13.5. The maximum atomic E-state index is 13.5. The first-order valence-electron chi connectivity index (χ1n) is 8.33. The third kappa shape index (κ3) is 4.22. The fourth-order valence-electron chi connectivity index (χ4n) is 2.98. The number of carbonyl (C=O) groups excluding carboxylic acids is 2. The number of thiazole rings is 1. The molecule has 25 heavy (non-hydrogen) atoms. The highest BCUT2D eigenvalue weighted by molar-refractivity contribution is 7.11. The Morgan fingerprint density at radius 2 is 2.16 bits per heavy atom. The largest absolute Gasteiger partial charge is 0.351 e. The number of hydrogen-bond donors (Lipinski definition) is 2. The number of amides is 2. The Morgan fingerprint density at radius 3 is 2.96 bits per heavy atom. The van der Waals surface area contributed by atoms with Crippen LogP contribution in [0.1, 0.15) is 51.2 Å². The van der Waals surface area contributed by atoms with Crippen LogP contribution in [0.5, 0.6) is 0 Å². The summed E-state index contributed by atoms with van der Waals surface area (Å²) in [5.41, 5.74) is 0.968. The van der Waals surface area contributed by atoms with Gasteiger partial charge in [0.2, 0.25) is 5.91 Å². The van der Waals surface area contributed by atoms with Crippen LogP contribution in [0.4, 0.5) is 4.39 Å². The van der Waals surface area contributed by atoms with E-state index in [1.807, 2.05) is 6.92 Å². The zero-order valence-corrected chi connectivity index (χ0v) is 14.8. The molecule has 0 saturated carbocycles. The van der Waals surface area contributed by atoms with Crippen LogP contribution in [0.3, 0.4) is 0 Å². The van der Waals surface area contributed by atoms with E-state index in [0.717, 1.165) is 30.0 Å². The fourth-order valence-corrected chi connectivity index (χ4v) is 4.02. The molecule has 0 aliphatic heterocycles. The molecule has 132 valence electrons. The smallest absolute Gasteiger partial charge is 0.254 e. The maximum Gasteiger partial charge on any atom is 0.254 e. The average Bonchev–Trinajstić information content (AvgIpc) is 2.96. The van der Waals surface area contributed by atoms with E-state index in [1.54, 1.807) is 17.4 Å². The van der Waals surface area contributed by atoms with Crippen molar-refractivity contribution < 1.29 is 14.0 Å². The van der Waals surface area contributed by atoms with E-state index in [1.165, 1.54) is 23.1 Å². The van der Waals surface area contributed by atoms with Gasteiger partial charge in [-0.05, 0) is 38.3 Å². The highest BCUT2D eigenvalue weighted by Gasteiger charge is 2.25. The molecule has 0 spiro atoms. The van der Waals surface area contributed by atoms with Gasteiger partial charge >= 0.3 is 0 Å². The van der Waals surface area contributed by atoms with E-state index in [-0.39, 0.29) is 30.5 Å². The third-order valence-corrected chi connectivity index (χ3v) is 5.20. The second-order valence-corrected chi connectivity index (χ2v) is 7.33. The van der Waals surface area contributed by atoms with E-state index < -0.39 is 11.7 Å². The second-order valence-electron chi connectivity index (χ2n) is 6.04. The minimum Gasteiger partial charge on any atom is -0.351 e. The second kappa shape index (κ2) is 7.74. The number of halogens is 1. The molecule has 2 N–H and O–H groups in total. The topological polar surface area (TPSA) is 71.1 Å². The summed E-state index contributed by atoms with van der Waals surface area (Å²) in [4.78, 5) is 29.9. The first kappa shape index (κ1) is 17.5. The molecule has 1 aliphatic carbocycles. The predicted molar refractivity (Wildman–Crippen MR) is 94.0 cm³/mol. The summed E-state index contributed by atoms with van der Waals surface area (Å²) >= 11 is 1.69. The van der Waals surface area contributed by atoms with E-state index in [9.17, 15) is 14.0 Å². The van der Waals surface area contributed by atoms with Crippen LogP contribution < -0.4 is 10.6 Å². The van der Waals surface area contributed by atoms with Gasteiger partial charge in [0.05, 0.1) is 22.3 Å². The van der Waals surface area contributed by atoms with Crippen LogP contribution >= 0.6 is 11.3 Å². The summed E-state index contributed by atoms with van der Waals surface area (Å²) in [6.45, 7) is 2.13. The molecule has 2 aromatic rings. The van der Waals surface area contributed by atoms with Gasteiger partial charge < -0.3 is 10.6 Å². The van der Waals surface area contributed by atoms with Crippen molar-refractivity contribution in [2.45, 2.75) is 38.6 Å². The van der Waals surface area contributed by atoms with Gasteiger partial charge in [-0.25, -0.2) is 9.37 Å². The third-order valence-electron chi connectivity index (χ3n) is 4.15. The fraction of sp³-hybridized carbons (Fsp3) is 0.389. The Morgan fingerprint density at radius 1 is 1.36 bits per heavy atom. The summed E-state index contributed by atoms with van der Waals surface area (Å²) in [5.74, 6) is -1.23. The normalized spacial score (nSPS) is 16.2. The Hall–Kier alpha value is -2.28. The Balaban J connectivity index is 1.49. The molecule has 7 heteroatoms. The molecule has 0 radical (unpaired) electrons. The number of hydrogen-bond acceptors (Lipinski definition) is 4. The van der Waals surface area contributed by atoms with Gasteiger partial charge in [-0.2, -0.15) is 0 Å². The summed E-state index contributed by atoms with van der Waals surface area (Å²) in [6.07, 6.45) is 3.08.